The summed E-state index contributed by atoms with van der Waals surface area (Å²) in [6.07, 6.45) is 0.0243. The quantitative estimate of drug-likeness (QED) is 0.440. The smallest absolute Gasteiger partial charge is 0.317 e. The number of esters is 1. The van der Waals surface area contributed by atoms with Crippen LogP contribution in [0, 0.1) is 11.3 Å². The van der Waals surface area contributed by atoms with Crippen molar-refractivity contribution in [1.82, 2.24) is 4.98 Å². The van der Waals surface area contributed by atoms with Crippen LogP contribution in [0.5, 0.6) is 17.2 Å². The van der Waals surface area contributed by atoms with E-state index < -0.39 is 5.97 Å². The minimum atomic E-state index is -0.460. The van der Waals surface area contributed by atoms with Gasteiger partial charge in [0.1, 0.15) is 10.8 Å². The van der Waals surface area contributed by atoms with Gasteiger partial charge in [-0.3, -0.25) is 4.79 Å². The van der Waals surface area contributed by atoms with E-state index in [2.05, 4.69) is 4.98 Å². The topological polar surface area (TPSA) is 81.4 Å². The number of rotatable bonds is 7. The van der Waals surface area contributed by atoms with Crippen LogP contribution in [0.15, 0.2) is 47.8 Å². The summed E-state index contributed by atoms with van der Waals surface area (Å²) in [6, 6.07) is 14.3. The number of hydrogen-bond acceptors (Lipinski definition) is 7. The number of nitriles is 1. The number of hydrogen-bond donors (Lipinski definition) is 0. The second-order valence-corrected chi connectivity index (χ2v) is 6.56. The monoisotopic (exact) mass is 394 g/mol. The van der Waals surface area contributed by atoms with Gasteiger partial charge in [-0.15, -0.1) is 11.3 Å². The van der Waals surface area contributed by atoms with Crippen LogP contribution < -0.4 is 14.2 Å². The van der Waals surface area contributed by atoms with E-state index in [0.29, 0.717) is 23.6 Å². The molecule has 0 N–H and O–H groups in total. The SMILES string of the molecule is CCOc1ccccc1-c1nc(CC(=O)Oc2ccc(C#N)cc2OC)cs1. The van der Waals surface area contributed by atoms with Crippen LogP contribution in [0.25, 0.3) is 10.6 Å². The summed E-state index contributed by atoms with van der Waals surface area (Å²) in [6.45, 7) is 2.49. The number of nitrogens with zero attached hydrogens (tertiary/aromatic N) is 2. The standard InChI is InChI=1S/C21H18N2O4S/c1-3-26-17-7-5-4-6-16(17)21-23-15(13-28-21)11-20(24)27-18-9-8-14(12-22)10-19(18)25-2/h4-10,13H,3,11H2,1-2H3. The molecule has 0 spiro atoms. The van der Waals surface area contributed by atoms with Crippen LogP contribution in [-0.4, -0.2) is 24.7 Å². The zero-order chi connectivity index (χ0) is 19.9. The van der Waals surface area contributed by atoms with E-state index in [9.17, 15) is 4.79 Å². The van der Waals surface area contributed by atoms with Gasteiger partial charge in [0, 0.05) is 11.4 Å². The first-order valence-electron chi connectivity index (χ1n) is 8.60. The summed E-state index contributed by atoms with van der Waals surface area (Å²) in [4.78, 5) is 16.9. The lowest BCUT2D eigenvalue weighted by atomic mass is 10.2. The van der Waals surface area contributed by atoms with Crippen molar-refractivity contribution in [1.29, 1.82) is 5.26 Å². The molecule has 0 aliphatic rings. The van der Waals surface area contributed by atoms with Crippen molar-refractivity contribution >= 4 is 17.3 Å². The van der Waals surface area contributed by atoms with Crippen molar-refractivity contribution in [2.45, 2.75) is 13.3 Å². The molecular formula is C21H18N2O4S. The number of carbonyl (C=O) groups is 1. The largest absolute Gasteiger partial charge is 0.493 e. The van der Waals surface area contributed by atoms with Gasteiger partial charge in [0.05, 0.1) is 43.0 Å². The Balaban J connectivity index is 1.72. The highest BCUT2D eigenvalue weighted by Crippen LogP contribution is 2.32. The molecule has 1 aromatic heterocycles. The predicted molar refractivity (Wildman–Crippen MR) is 106 cm³/mol. The van der Waals surface area contributed by atoms with Crippen LogP contribution in [-0.2, 0) is 11.2 Å². The fraction of sp³-hybridized carbons (Fsp3) is 0.190. The molecule has 0 fully saturated rings. The van der Waals surface area contributed by atoms with Crippen molar-refractivity contribution in [3.8, 4) is 33.9 Å². The summed E-state index contributed by atoms with van der Waals surface area (Å²) in [5.74, 6) is 0.898. The molecule has 6 nitrogen and oxygen atoms in total. The van der Waals surface area contributed by atoms with Crippen molar-refractivity contribution in [2.24, 2.45) is 0 Å². The number of ether oxygens (including phenoxy) is 3. The highest BCUT2D eigenvalue weighted by atomic mass is 32.1. The third kappa shape index (κ3) is 4.48. The Morgan fingerprint density at radius 1 is 1.18 bits per heavy atom. The van der Waals surface area contributed by atoms with Gasteiger partial charge in [0.2, 0.25) is 0 Å². The second kappa shape index (κ2) is 9.02. The lowest BCUT2D eigenvalue weighted by Gasteiger charge is -2.09. The van der Waals surface area contributed by atoms with Crippen molar-refractivity contribution in [3.63, 3.8) is 0 Å². The van der Waals surface area contributed by atoms with E-state index in [1.165, 1.54) is 24.5 Å². The molecule has 0 amide bonds. The Bertz CT molecular complexity index is 1020. The van der Waals surface area contributed by atoms with Gasteiger partial charge in [0.25, 0.3) is 0 Å². The van der Waals surface area contributed by atoms with Crippen molar-refractivity contribution in [2.75, 3.05) is 13.7 Å². The molecule has 2 aromatic carbocycles. The first kappa shape index (κ1) is 19.4. The van der Waals surface area contributed by atoms with E-state index in [-0.39, 0.29) is 12.2 Å². The molecule has 142 valence electrons. The maximum absolute atomic E-state index is 12.3. The number of methoxy groups -OCH3 is 1. The molecule has 0 unspecified atom stereocenters. The minimum absolute atomic E-state index is 0.0243. The summed E-state index contributed by atoms with van der Waals surface area (Å²) in [7, 11) is 1.45. The van der Waals surface area contributed by atoms with E-state index in [1.807, 2.05) is 42.6 Å². The van der Waals surface area contributed by atoms with E-state index in [4.69, 9.17) is 19.5 Å². The normalized spacial score (nSPS) is 10.2. The van der Waals surface area contributed by atoms with Crippen molar-refractivity contribution in [3.05, 3.63) is 59.1 Å². The summed E-state index contributed by atoms with van der Waals surface area (Å²) in [5.41, 5.74) is 1.93. The average Bonchev–Trinajstić information content (AvgIpc) is 3.17. The zero-order valence-electron chi connectivity index (χ0n) is 15.5. The molecule has 0 radical (unpaired) electrons. The Kier molecular flexibility index (Phi) is 6.25. The number of aromatic nitrogens is 1. The van der Waals surface area contributed by atoms with Crippen LogP contribution in [0.1, 0.15) is 18.2 Å². The average molecular weight is 394 g/mol. The highest BCUT2D eigenvalue weighted by molar-refractivity contribution is 7.13. The summed E-state index contributed by atoms with van der Waals surface area (Å²) in [5, 5.41) is 11.6. The van der Waals surface area contributed by atoms with Crippen LogP contribution >= 0.6 is 11.3 Å². The van der Waals surface area contributed by atoms with Gasteiger partial charge >= 0.3 is 5.97 Å². The summed E-state index contributed by atoms with van der Waals surface area (Å²) < 4.78 is 16.2. The van der Waals surface area contributed by atoms with Gasteiger partial charge in [-0.05, 0) is 31.2 Å². The fourth-order valence-electron chi connectivity index (χ4n) is 2.56. The van der Waals surface area contributed by atoms with Gasteiger partial charge in [-0.25, -0.2) is 4.98 Å². The Morgan fingerprint density at radius 2 is 2.00 bits per heavy atom. The maximum atomic E-state index is 12.3. The third-order valence-electron chi connectivity index (χ3n) is 3.81. The zero-order valence-corrected chi connectivity index (χ0v) is 16.3. The van der Waals surface area contributed by atoms with Crippen molar-refractivity contribution < 1.29 is 19.0 Å². The number of benzene rings is 2. The van der Waals surface area contributed by atoms with E-state index >= 15 is 0 Å². The van der Waals surface area contributed by atoms with Gasteiger partial charge in [0.15, 0.2) is 11.5 Å². The Labute approximate surface area is 166 Å². The lowest BCUT2D eigenvalue weighted by Crippen LogP contribution is -2.12. The molecule has 7 heteroatoms. The molecule has 0 saturated heterocycles. The Morgan fingerprint density at radius 3 is 2.75 bits per heavy atom. The van der Waals surface area contributed by atoms with Crippen LogP contribution in [0.3, 0.4) is 0 Å². The molecule has 0 saturated carbocycles. The number of para-hydroxylation sites is 1. The molecular weight excluding hydrogens is 376 g/mol. The molecule has 1 heterocycles. The molecule has 0 aliphatic carbocycles. The minimum Gasteiger partial charge on any atom is -0.493 e. The highest BCUT2D eigenvalue weighted by Gasteiger charge is 2.15. The maximum Gasteiger partial charge on any atom is 0.317 e. The second-order valence-electron chi connectivity index (χ2n) is 5.70. The predicted octanol–water partition coefficient (Wildman–Crippen LogP) is 4.24. The molecule has 0 bridgehead atoms. The number of thiazole rings is 1. The first-order chi connectivity index (χ1) is 13.6. The van der Waals surface area contributed by atoms with Gasteiger partial charge < -0.3 is 14.2 Å². The van der Waals surface area contributed by atoms with Gasteiger partial charge in [-0.2, -0.15) is 5.26 Å². The van der Waals surface area contributed by atoms with E-state index in [1.54, 1.807) is 12.1 Å². The molecule has 28 heavy (non-hydrogen) atoms. The Hall–Kier alpha value is -3.37. The fourth-order valence-corrected chi connectivity index (χ4v) is 3.41. The first-order valence-corrected chi connectivity index (χ1v) is 9.48. The van der Waals surface area contributed by atoms with Crippen LogP contribution in [0.4, 0.5) is 0 Å². The molecule has 0 aliphatic heterocycles. The van der Waals surface area contributed by atoms with Gasteiger partial charge in [-0.1, -0.05) is 12.1 Å². The molecule has 3 rings (SSSR count). The lowest BCUT2D eigenvalue weighted by molar-refractivity contribution is -0.133. The van der Waals surface area contributed by atoms with E-state index in [0.717, 1.165) is 16.3 Å². The third-order valence-corrected chi connectivity index (χ3v) is 4.74. The van der Waals surface area contributed by atoms with Crippen LogP contribution in [0.2, 0.25) is 0 Å². The molecule has 0 atom stereocenters. The number of carbonyl (C=O) groups excluding carboxylic acids is 1. The summed E-state index contributed by atoms with van der Waals surface area (Å²) >= 11 is 1.44. The molecule has 3 aromatic rings.